The van der Waals surface area contributed by atoms with Crippen LogP contribution in [-0.4, -0.2) is 5.78 Å². The minimum Gasteiger partial charge on any atom is -0.457 e. The molecule has 0 spiro atoms. The van der Waals surface area contributed by atoms with Crippen LogP contribution < -0.4 is 0 Å². The largest absolute Gasteiger partial charge is 0.457 e. The van der Waals surface area contributed by atoms with Crippen molar-refractivity contribution in [1.82, 2.24) is 0 Å². The molecule has 14 heavy (non-hydrogen) atoms. The first-order valence-corrected chi connectivity index (χ1v) is 6.22. The molecule has 0 saturated heterocycles. The van der Waals surface area contributed by atoms with Crippen LogP contribution in [0, 0.1) is 0 Å². The topological polar surface area (TPSA) is 30.2 Å². The standard InChI is InChI=1S/C9H4Br2O2S/c10-7-4-14-3-6(7)9(12)5-1-8(11)13-2-5/h1-4H. The number of furan rings is 1. The van der Waals surface area contributed by atoms with Crippen LogP contribution in [0.4, 0.5) is 0 Å². The van der Waals surface area contributed by atoms with Crippen molar-refractivity contribution in [3.8, 4) is 0 Å². The smallest absolute Gasteiger partial charge is 0.198 e. The molecule has 72 valence electrons. The third-order valence-corrected chi connectivity index (χ3v) is 3.81. The van der Waals surface area contributed by atoms with Crippen LogP contribution in [0.5, 0.6) is 0 Å². The highest BCUT2D eigenvalue weighted by molar-refractivity contribution is 9.10. The zero-order valence-electron chi connectivity index (χ0n) is 6.79. The summed E-state index contributed by atoms with van der Waals surface area (Å²) in [6.07, 6.45) is 1.44. The van der Waals surface area contributed by atoms with Crippen molar-refractivity contribution in [2.24, 2.45) is 0 Å². The van der Waals surface area contributed by atoms with E-state index >= 15 is 0 Å². The van der Waals surface area contributed by atoms with E-state index in [2.05, 4.69) is 31.9 Å². The maximum Gasteiger partial charge on any atom is 0.198 e. The molecule has 0 aliphatic heterocycles. The highest BCUT2D eigenvalue weighted by Crippen LogP contribution is 2.25. The zero-order chi connectivity index (χ0) is 10.1. The van der Waals surface area contributed by atoms with E-state index in [1.165, 1.54) is 17.6 Å². The van der Waals surface area contributed by atoms with Crippen molar-refractivity contribution in [1.29, 1.82) is 0 Å². The first kappa shape index (κ1) is 10.1. The van der Waals surface area contributed by atoms with Crippen molar-refractivity contribution in [2.75, 3.05) is 0 Å². The zero-order valence-corrected chi connectivity index (χ0v) is 10.8. The lowest BCUT2D eigenvalue weighted by Crippen LogP contribution is -1.97. The number of carbonyl (C=O) groups is 1. The quantitative estimate of drug-likeness (QED) is 0.773. The van der Waals surface area contributed by atoms with Gasteiger partial charge in [-0.1, -0.05) is 0 Å². The second kappa shape index (κ2) is 4.00. The number of carbonyl (C=O) groups excluding carboxylic acids is 1. The van der Waals surface area contributed by atoms with E-state index in [-0.39, 0.29) is 5.78 Å². The van der Waals surface area contributed by atoms with Crippen molar-refractivity contribution >= 4 is 49.0 Å². The molecule has 0 radical (unpaired) electrons. The lowest BCUT2D eigenvalue weighted by Gasteiger charge is -1.93. The molecule has 5 heteroatoms. The van der Waals surface area contributed by atoms with Gasteiger partial charge in [-0.15, -0.1) is 0 Å². The van der Waals surface area contributed by atoms with Gasteiger partial charge >= 0.3 is 0 Å². The fourth-order valence-corrected chi connectivity index (χ4v) is 2.82. The lowest BCUT2D eigenvalue weighted by molar-refractivity contribution is 0.103. The Morgan fingerprint density at radius 1 is 1.36 bits per heavy atom. The summed E-state index contributed by atoms with van der Waals surface area (Å²) < 4.78 is 6.39. The first-order chi connectivity index (χ1) is 6.68. The highest BCUT2D eigenvalue weighted by Gasteiger charge is 2.15. The summed E-state index contributed by atoms with van der Waals surface area (Å²) in [6, 6.07) is 1.66. The molecule has 0 fully saturated rings. The van der Waals surface area contributed by atoms with Crippen LogP contribution in [0.1, 0.15) is 15.9 Å². The van der Waals surface area contributed by atoms with Crippen LogP contribution in [0.15, 0.2) is 36.6 Å². The van der Waals surface area contributed by atoms with Gasteiger partial charge in [0.1, 0.15) is 6.26 Å². The number of rotatable bonds is 2. The molecule has 0 aromatic carbocycles. The second-order valence-electron chi connectivity index (χ2n) is 2.60. The van der Waals surface area contributed by atoms with E-state index in [0.29, 0.717) is 15.8 Å². The first-order valence-electron chi connectivity index (χ1n) is 3.69. The molecule has 0 N–H and O–H groups in total. The van der Waals surface area contributed by atoms with Gasteiger partial charge in [-0.25, -0.2) is 0 Å². The third-order valence-electron chi connectivity index (χ3n) is 1.69. The van der Waals surface area contributed by atoms with Gasteiger partial charge in [0.05, 0.1) is 5.56 Å². The Hall–Kier alpha value is -0.390. The summed E-state index contributed by atoms with van der Waals surface area (Å²) in [7, 11) is 0. The average molecular weight is 336 g/mol. The molecule has 2 nitrogen and oxygen atoms in total. The summed E-state index contributed by atoms with van der Waals surface area (Å²) in [5, 5.41) is 3.69. The lowest BCUT2D eigenvalue weighted by atomic mass is 10.1. The van der Waals surface area contributed by atoms with Gasteiger partial charge in [0.2, 0.25) is 0 Å². The Balaban J connectivity index is 2.38. The van der Waals surface area contributed by atoms with Gasteiger partial charge in [-0.05, 0) is 31.9 Å². The fourth-order valence-electron chi connectivity index (χ4n) is 1.03. The highest BCUT2D eigenvalue weighted by atomic mass is 79.9. The fraction of sp³-hybridized carbons (Fsp3) is 0. The minimum absolute atomic E-state index is 0.0347. The Kier molecular flexibility index (Phi) is 2.90. The second-order valence-corrected chi connectivity index (χ2v) is 4.98. The Morgan fingerprint density at radius 3 is 2.64 bits per heavy atom. The predicted molar refractivity (Wildman–Crippen MR) is 61.9 cm³/mol. The van der Waals surface area contributed by atoms with E-state index in [0.717, 1.165) is 4.47 Å². The van der Waals surface area contributed by atoms with Crippen LogP contribution in [-0.2, 0) is 0 Å². The molecule has 0 amide bonds. The number of ketones is 1. The number of halogens is 2. The molecular weight excluding hydrogens is 332 g/mol. The Labute approximate surface area is 101 Å². The number of hydrogen-bond donors (Lipinski definition) is 0. The molecule has 0 unspecified atom stereocenters. The Morgan fingerprint density at radius 2 is 2.14 bits per heavy atom. The van der Waals surface area contributed by atoms with Crippen LogP contribution >= 0.6 is 43.2 Å². The van der Waals surface area contributed by atoms with Crippen LogP contribution in [0.2, 0.25) is 0 Å². The molecule has 2 aromatic rings. The van der Waals surface area contributed by atoms with Gasteiger partial charge in [0, 0.05) is 26.9 Å². The van der Waals surface area contributed by atoms with Crippen molar-refractivity contribution in [3.05, 3.63) is 43.4 Å². The van der Waals surface area contributed by atoms with Crippen LogP contribution in [0.25, 0.3) is 0 Å². The summed E-state index contributed by atoms with van der Waals surface area (Å²) in [6.45, 7) is 0. The molecule has 2 aromatic heterocycles. The summed E-state index contributed by atoms with van der Waals surface area (Å²) in [5.41, 5.74) is 1.22. The van der Waals surface area contributed by atoms with Gasteiger partial charge in [-0.2, -0.15) is 11.3 Å². The van der Waals surface area contributed by atoms with Gasteiger partial charge < -0.3 is 4.42 Å². The minimum atomic E-state index is -0.0347. The van der Waals surface area contributed by atoms with Crippen molar-refractivity contribution in [2.45, 2.75) is 0 Å². The van der Waals surface area contributed by atoms with Crippen molar-refractivity contribution < 1.29 is 9.21 Å². The van der Waals surface area contributed by atoms with E-state index in [4.69, 9.17) is 4.42 Å². The van der Waals surface area contributed by atoms with Crippen molar-refractivity contribution in [3.63, 3.8) is 0 Å². The summed E-state index contributed by atoms with van der Waals surface area (Å²) in [5.74, 6) is -0.0347. The maximum atomic E-state index is 11.8. The SMILES string of the molecule is O=C(c1coc(Br)c1)c1cscc1Br. The Bertz CT molecular complexity index is 473. The van der Waals surface area contributed by atoms with Gasteiger partial charge in [-0.3, -0.25) is 4.79 Å². The van der Waals surface area contributed by atoms with Gasteiger partial charge in [0.25, 0.3) is 0 Å². The molecule has 2 heterocycles. The normalized spacial score (nSPS) is 10.4. The molecule has 0 bridgehead atoms. The molecule has 0 aliphatic carbocycles. The molecule has 2 rings (SSSR count). The molecule has 0 saturated carbocycles. The number of thiophene rings is 1. The van der Waals surface area contributed by atoms with E-state index < -0.39 is 0 Å². The maximum absolute atomic E-state index is 11.8. The molecule has 0 aliphatic rings. The van der Waals surface area contributed by atoms with E-state index in [1.807, 2.05) is 10.8 Å². The summed E-state index contributed by atoms with van der Waals surface area (Å²) in [4.78, 5) is 11.8. The third kappa shape index (κ3) is 1.85. The number of hydrogen-bond acceptors (Lipinski definition) is 3. The molecular formula is C9H4Br2O2S. The van der Waals surface area contributed by atoms with E-state index in [9.17, 15) is 4.79 Å². The van der Waals surface area contributed by atoms with Crippen LogP contribution in [0.3, 0.4) is 0 Å². The molecule has 0 atom stereocenters. The summed E-state index contributed by atoms with van der Waals surface area (Å²) >= 11 is 7.96. The van der Waals surface area contributed by atoms with Gasteiger partial charge in [0.15, 0.2) is 10.5 Å². The monoisotopic (exact) mass is 334 g/mol. The van der Waals surface area contributed by atoms with E-state index in [1.54, 1.807) is 6.07 Å². The average Bonchev–Trinajstić information content (AvgIpc) is 2.73. The predicted octanol–water partition coefficient (Wildman–Crippen LogP) is 4.10.